The van der Waals surface area contributed by atoms with E-state index < -0.39 is 23.7 Å². The summed E-state index contributed by atoms with van der Waals surface area (Å²) >= 11 is 0. The topological polar surface area (TPSA) is 132 Å². The maximum absolute atomic E-state index is 12.7. The molecule has 1 aliphatic heterocycles. The molecule has 1 aliphatic carbocycles. The van der Waals surface area contributed by atoms with Gasteiger partial charge in [-0.2, -0.15) is 13.2 Å². The van der Waals surface area contributed by atoms with Gasteiger partial charge in [-0.05, 0) is 38.2 Å². The van der Waals surface area contributed by atoms with E-state index in [4.69, 9.17) is 10.5 Å². The Labute approximate surface area is 187 Å². The van der Waals surface area contributed by atoms with E-state index in [0.29, 0.717) is 50.3 Å². The van der Waals surface area contributed by atoms with Gasteiger partial charge in [-0.1, -0.05) is 0 Å². The summed E-state index contributed by atoms with van der Waals surface area (Å²) in [6.45, 7) is 0.564. The Kier molecular flexibility index (Phi) is 6.34. The number of carbonyl (C=O) groups excluding carboxylic acids is 2. The van der Waals surface area contributed by atoms with Crippen LogP contribution in [0.1, 0.15) is 59.9 Å². The van der Waals surface area contributed by atoms with E-state index in [2.05, 4.69) is 25.6 Å². The first kappa shape index (κ1) is 22.7. The second-order valence-electron chi connectivity index (χ2n) is 8.11. The highest BCUT2D eigenvalue weighted by Gasteiger charge is 2.31. The second-order valence-corrected chi connectivity index (χ2v) is 8.11. The zero-order valence-corrected chi connectivity index (χ0v) is 17.6. The van der Waals surface area contributed by atoms with E-state index in [1.807, 2.05) is 0 Å². The van der Waals surface area contributed by atoms with Crippen molar-refractivity contribution in [1.82, 2.24) is 20.3 Å². The molecule has 1 saturated heterocycles. The molecule has 4 N–H and O–H groups in total. The number of nitrogens with one attached hydrogen (secondary N) is 2. The van der Waals surface area contributed by atoms with Crippen LogP contribution in [0.3, 0.4) is 0 Å². The van der Waals surface area contributed by atoms with E-state index in [1.54, 1.807) is 0 Å². The van der Waals surface area contributed by atoms with Crippen molar-refractivity contribution in [2.45, 2.75) is 56.3 Å². The van der Waals surface area contributed by atoms with Crippen molar-refractivity contribution in [3.8, 4) is 5.88 Å². The van der Waals surface area contributed by atoms with Gasteiger partial charge in [-0.3, -0.25) is 9.59 Å². The average molecular weight is 464 g/mol. The van der Waals surface area contributed by atoms with Gasteiger partial charge in [0.15, 0.2) is 0 Å². The highest BCUT2D eigenvalue weighted by atomic mass is 19.4. The van der Waals surface area contributed by atoms with Gasteiger partial charge in [0.25, 0.3) is 5.91 Å². The minimum absolute atomic E-state index is 0.0531. The van der Waals surface area contributed by atoms with Crippen LogP contribution < -0.4 is 21.1 Å². The number of rotatable bonds is 6. The number of amides is 2. The number of hydrogen-bond acceptors (Lipinski definition) is 7. The molecule has 9 nitrogen and oxygen atoms in total. The molecule has 0 aromatic carbocycles. The standard InChI is InChI=1S/C21H23F3N6O3/c22-21(23,24)12-3-6-17(27-10-12)33-13-4-1-11(2-5-13)19-29-15(18(25)31)9-16(30-19)28-14-7-8-26-20(14)32/h3,6,9-11,13-14H,1-2,4-5,7-8H2,(H2,25,31)(H,26,32)(H,28,29,30). The highest BCUT2D eigenvalue weighted by Crippen LogP contribution is 2.34. The van der Waals surface area contributed by atoms with Crippen LogP contribution in [0.5, 0.6) is 5.88 Å². The first-order chi connectivity index (χ1) is 15.7. The Morgan fingerprint density at radius 1 is 1.15 bits per heavy atom. The zero-order valence-electron chi connectivity index (χ0n) is 17.6. The van der Waals surface area contributed by atoms with Crippen LogP contribution in [0.25, 0.3) is 0 Å². The predicted octanol–water partition coefficient (Wildman–Crippen LogP) is 2.39. The van der Waals surface area contributed by atoms with Gasteiger partial charge in [0.2, 0.25) is 11.8 Å². The largest absolute Gasteiger partial charge is 0.474 e. The van der Waals surface area contributed by atoms with Crippen LogP contribution in [0.15, 0.2) is 24.4 Å². The zero-order chi connectivity index (χ0) is 23.6. The van der Waals surface area contributed by atoms with Crippen molar-refractivity contribution < 1.29 is 27.5 Å². The molecule has 2 fully saturated rings. The fourth-order valence-electron chi connectivity index (χ4n) is 3.99. The Hall–Kier alpha value is -3.44. The summed E-state index contributed by atoms with van der Waals surface area (Å²) in [5, 5.41) is 5.77. The number of pyridine rings is 1. The molecule has 12 heteroatoms. The lowest BCUT2D eigenvalue weighted by Crippen LogP contribution is -2.30. The molecule has 176 valence electrons. The number of nitrogens with zero attached hydrogens (tertiary/aromatic N) is 3. The molecule has 0 bridgehead atoms. The van der Waals surface area contributed by atoms with Gasteiger partial charge in [-0.15, -0.1) is 0 Å². The monoisotopic (exact) mass is 464 g/mol. The molecular formula is C21H23F3N6O3. The fourth-order valence-corrected chi connectivity index (χ4v) is 3.99. The Balaban J connectivity index is 1.40. The van der Waals surface area contributed by atoms with Crippen molar-refractivity contribution >= 4 is 17.6 Å². The molecule has 1 unspecified atom stereocenters. The summed E-state index contributed by atoms with van der Waals surface area (Å²) in [7, 11) is 0. The normalized spacial score (nSPS) is 23.1. The Morgan fingerprint density at radius 2 is 1.91 bits per heavy atom. The number of carbonyl (C=O) groups is 2. The van der Waals surface area contributed by atoms with E-state index in [-0.39, 0.29) is 29.5 Å². The first-order valence-corrected chi connectivity index (χ1v) is 10.6. The lowest BCUT2D eigenvalue weighted by atomic mass is 9.86. The molecule has 2 aliphatic rings. The molecule has 0 spiro atoms. The van der Waals surface area contributed by atoms with E-state index in [0.717, 1.165) is 12.3 Å². The third-order valence-electron chi connectivity index (χ3n) is 5.76. The maximum Gasteiger partial charge on any atom is 0.417 e. The molecule has 0 radical (unpaired) electrons. The van der Waals surface area contributed by atoms with Crippen LogP contribution in [0.2, 0.25) is 0 Å². The third-order valence-corrected chi connectivity index (χ3v) is 5.76. The Bertz CT molecular complexity index is 1020. The lowest BCUT2D eigenvalue weighted by molar-refractivity contribution is -0.137. The summed E-state index contributed by atoms with van der Waals surface area (Å²) < 4.78 is 43.8. The van der Waals surface area contributed by atoms with Gasteiger partial charge in [0, 0.05) is 30.8 Å². The quantitative estimate of drug-likeness (QED) is 0.598. The highest BCUT2D eigenvalue weighted by molar-refractivity contribution is 5.92. The van der Waals surface area contributed by atoms with Crippen LogP contribution in [-0.4, -0.2) is 45.5 Å². The van der Waals surface area contributed by atoms with E-state index >= 15 is 0 Å². The molecule has 2 aromatic rings. The van der Waals surface area contributed by atoms with Crippen molar-refractivity contribution in [2.75, 3.05) is 11.9 Å². The molecule has 2 amide bonds. The van der Waals surface area contributed by atoms with Gasteiger partial charge in [0.1, 0.15) is 29.5 Å². The minimum Gasteiger partial charge on any atom is -0.474 e. The second kappa shape index (κ2) is 9.20. The van der Waals surface area contributed by atoms with Gasteiger partial charge < -0.3 is 21.1 Å². The molecule has 3 heterocycles. The predicted molar refractivity (Wildman–Crippen MR) is 110 cm³/mol. The van der Waals surface area contributed by atoms with E-state index in [1.165, 1.54) is 12.1 Å². The van der Waals surface area contributed by atoms with Gasteiger partial charge >= 0.3 is 6.18 Å². The third kappa shape index (κ3) is 5.49. The number of hydrogen-bond donors (Lipinski definition) is 3. The van der Waals surface area contributed by atoms with Crippen molar-refractivity contribution in [3.05, 3.63) is 41.5 Å². The summed E-state index contributed by atoms with van der Waals surface area (Å²) in [6, 6.07) is 3.15. The molecule has 4 rings (SSSR count). The van der Waals surface area contributed by atoms with Crippen molar-refractivity contribution in [2.24, 2.45) is 5.73 Å². The van der Waals surface area contributed by atoms with Gasteiger partial charge in [0.05, 0.1) is 5.56 Å². The summed E-state index contributed by atoms with van der Waals surface area (Å²) in [5.41, 5.74) is 4.66. The van der Waals surface area contributed by atoms with Crippen LogP contribution in [0.4, 0.5) is 19.0 Å². The van der Waals surface area contributed by atoms with Crippen molar-refractivity contribution in [3.63, 3.8) is 0 Å². The van der Waals surface area contributed by atoms with Crippen LogP contribution in [-0.2, 0) is 11.0 Å². The lowest BCUT2D eigenvalue weighted by Gasteiger charge is -2.28. The maximum atomic E-state index is 12.7. The summed E-state index contributed by atoms with van der Waals surface area (Å²) in [6.07, 6.45) is -0.763. The van der Waals surface area contributed by atoms with Crippen LogP contribution in [0, 0.1) is 0 Å². The van der Waals surface area contributed by atoms with E-state index in [9.17, 15) is 22.8 Å². The fraction of sp³-hybridized carbons (Fsp3) is 0.476. The molecule has 33 heavy (non-hydrogen) atoms. The Morgan fingerprint density at radius 3 is 2.48 bits per heavy atom. The van der Waals surface area contributed by atoms with Gasteiger partial charge in [-0.25, -0.2) is 15.0 Å². The number of primary amides is 1. The molecular weight excluding hydrogens is 441 g/mol. The number of nitrogens with two attached hydrogens (primary N) is 1. The SMILES string of the molecule is NC(=O)c1cc(NC2CCNC2=O)nc(C2CCC(Oc3ccc(C(F)(F)F)cn3)CC2)n1. The number of anilines is 1. The number of aromatic nitrogens is 3. The van der Waals surface area contributed by atoms with Crippen LogP contribution >= 0.6 is 0 Å². The number of halogens is 3. The molecule has 1 atom stereocenters. The molecule has 1 saturated carbocycles. The summed E-state index contributed by atoms with van der Waals surface area (Å²) in [4.78, 5) is 36.2. The number of alkyl halides is 3. The first-order valence-electron chi connectivity index (χ1n) is 10.6. The van der Waals surface area contributed by atoms with Crippen molar-refractivity contribution in [1.29, 1.82) is 0 Å². The average Bonchev–Trinajstić information content (AvgIpc) is 3.18. The summed E-state index contributed by atoms with van der Waals surface area (Å²) in [5.74, 6) is 0.0807. The molecule has 2 aromatic heterocycles. The smallest absolute Gasteiger partial charge is 0.417 e. The minimum atomic E-state index is -4.45. The number of ether oxygens (including phenoxy) is 1.